The van der Waals surface area contributed by atoms with Gasteiger partial charge in [-0.2, -0.15) is 0 Å². The molecule has 1 aliphatic rings. The summed E-state index contributed by atoms with van der Waals surface area (Å²) in [6.07, 6.45) is 1.07. The van der Waals surface area contributed by atoms with Crippen molar-refractivity contribution in [3.8, 4) is 17.1 Å². The van der Waals surface area contributed by atoms with E-state index in [0.29, 0.717) is 58.3 Å². The molecule has 1 saturated heterocycles. The summed E-state index contributed by atoms with van der Waals surface area (Å²) in [5.74, 6) is -0.859. The Labute approximate surface area is 241 Å². The van der Waals surface area contributed by atoms with E-state index in [2.05, 4.69) is 4.98 Å². The van der Waals surface area contributed by atoms with E-state index in [0.717, 1.165) is 12.0 Å². The highest BCUT2D eigenvalue weighted by atomic mass is 19.1. The van der Waals surface area contributed by atoms with Gasteiger partial charge in [0.1, 0.15) is 24.1 Å². The van der Waals surface area contributed by atoms with Crippen molar-refractivity contribution in [3.63, 3.8) is 0 Å². The van der Waals surface area contributed by atoms with Gasteiger partial charge in [0, 0.05) is 30.0 Å². The first-order chi connectivity index (χ1) is 20.2. The molecule has 1 N–H and O–H groups in total. The van der Waals surface area contributed by atoms with Gasteiger partial charge >= 0.3 is 5.97 Å². The Morgan fingerprint density at radius 2 is 1.81 bits per heavy atom. The third-order valence-electron chi connectivity index (χ3n) is 7.65. The van der Waals surface area contributed by atoms with E-state index in [1.807, 2.05) is 24.5 Å². The smallest absolute Gasteiger partial charge is 0.335 e. The van der Waals surface area contributed by atoms with Gasteiger partial charge in [-0.3, -0.25) is 0 Å². The first kappa shape index (κ1) is 27.5. The molecule has 6 rings (SSSR count). The number of hydrogen-bond donors (Lipinski definition) is 1. The maximum Gasteiger partial charge on any atom is 0.335 e. The zero-order valence-electron chi connectivity index (χ0n) is 23.2. The van der Waals surface area contributed by atoms with E-state index in [9.17, 15) is 14.3 Å². The van der Waals surface area contributed by atoms with E-state index in [1.54, 1.807) is 48.5 Å². The van der Waals surface area contributed by atoms with Gasteiger partial charge in [-0.15, -0.1) is 0 Å². The van der Waals surface area contributed by atoms with E-state index in [-0.39, 0.29) is 24.4 Å². The number of benzene rings is 3. The van der Waals surface area contributed by atoms with Crippen LogP contribution in [0.15, 0.2) is 72.8 Å². The van der Waals surface area contributed by atoms with Crippen molar-refractivity contribution < 1.29 is 28.2 Å². The zero-order valence-corrected chi connectivity index (χ0v) is 23.2. The lowest BCUT2D eigenvalue weighted by Crippen LogP contribution is -2.44. The molecule has 214 valence electrons. The standard InChI is InChI=1S/C33H29F2N3O4/c1-20-6-7-24(25(34)14-20)18-41-31-5-3-4-27(37-31)22-9-8-21(26(35)15-22)17-30-36-28-11-10-23(32(39)40)16-29(28)38(30)19-33(2)12-13-42-33/h3-11,14-16H,12-13,17-19H2,1-2H3,(H,39,40). The predicted molar refractivity (Wildman–Crippen MR) is 154 cm³/mol. The van der Waals surface area contributed by atoms with Crippen molar-refractivity contribution in [2.24, 2.45) is 0 Å². The molecule has 9 heteroatoms. The summed E-state index contributed by atoms with van der Waals surface area (Å²) in [5.41, 5.74) is 3.85. The Bertz CT molecular complexity index is 1810. The van der Waals surface area contributed by atoms with Gasteiger partial charge in [0.2, 0.25) is 5.88 Å². The third-order valence-corrected chi connectivity index (χ3v) is 7.65. The first-order valence-corrected chi connectivity index (χ1v) is 13.7. The third kappa shape index (κ3) is 5.60. The van der Waals surface area contributed by atoms with Gasteiger partial charge in [-0.1, -0.05) is 30.3 Å². The van der Waals surface area contributed by atoms with Crippen molar-refractivity contribution in [2.75, 3.05) is 6.61 Å². The van der Waals surface area contributed by atoms with Gasteiger partial charge in [-0.05, 0) is 61.4 Å². The summed E-state index contributed by atoms with van der Waals surface area (Å²) >= 11 is 0. The number of aryl methyl sites for hydroxylation is 1. The van der Waals surface area contributed by atoms with Crippen LogP contribution in [0, 0.1) is 18.6 Å². The average Bonchev–Trinajstić information content (AvgIpc) is 3.28. The number of rotatable bonds is 9. The van der Waals surface area contributed by atoms with Crippen LogP contribution in [0.4, 0.5) is 8.78 Å². The van der Waals surface area contributed by atoms with Crippen molar-refractivity contribution in [1.82, 2.24) is 14.5 Å². The molecular formula is C33H29F2N3O4. The highest BCUT2D eigenvalue weighted by Crippen LogP contribution is 2.32. The SMILES string of the molecule is Cc1ccc(COc2cccc(-c3ccc(Cc4nc5ccc(C(=O)O)cc5n4CC4(C)CCO4)c(F)c3)n2)c(F)c1. The average molecular weight is 570 g/mol. The molecule has 3 heterocycles. The molecule has 0 bridgehead atoms. The largest absolute Gasteiger partial charge is 0.478 e. The molecule has 3 aromatic carbocycles. The van der Waals surface area contributed by atoms with Crippen LogP contribution in [0.3, 0.4) is 0 Å². The minimum absolute atomic E-state index is 0.0227. The van der Waals surface area contributed by atoms with Crippen LogP contribution in [0.5, 0.6) is 5.88 Å². The maximum atomic E-state index is 15.5. The molecule has 5 aromatic rings. The van der Waals surface area contributed by atoms with Crippen LogP contribution >= 0.6 is 0 Å². The number of aromatic carboxylic acids is 1. The molecule has 1 fully saturated rings. The number of carbonyl (C=O) groups is 1. The molecule has 0 amide bonds. The second kappa shape index (κ2) is 11.0. The van der Waals surface area contributed by atoms with Gasteiger partial charge in [-0.25, -0.2) is 23.5 Å². The summed E-state index contributed by atoms with van der Waals surface area (Å²) in [6, 6.07) is 19.9. The number of pyridine rings is 1. The molecular weight excluding hydrogens is 540 g/mol. The molecule has 1 unspecified atom stereocenters. The summed E-state index contributed by atoms with van der Waals surface area (Å²) < 4.78 is 43.2. The van der Waals surface area contributed by atoms with Gasteiger partial charge < -0.3 is 19.1 Å². The lowest BCUT2D eigenvalue weighted by molar-refractivity contribution is -0.142. The molecule has 1 atom stereocenters. The van der Waals surface area contributed by atoms with Crippen LogP contribution < -0.4 is 4.74 Å². The minimum atomic E-state index is -1.02. The summed E-state index contributed by atoms with van der Waals surface area (Å²) in [7, 11) is 0. The number of ether oxygens (including phenoxy) is 2. The predicted octanol–water partition coefficient (Wildman–Crippen LogP) is 6.73. The van der Waals surface area contributed by atoms with Crippen molar-refractivity contribution in [1.29, 1.82) is 0 Å². The fraction of sp³-hybridized carbons (Fsp3) is 0.242. The highest BCUT2D eigenvalue weighted by molar-refractivity contribution is 5.92. The minimum Gasteiger partial charge on any atom is -0.478 e. The molecule has 0 radical (unpaired) electrons. The van der Waals surface area contributed by atoms with Crippen molar-refractivity contribution >= 4 is 17.0 Å². The molecule has 2 aromatic heterocycles. The monoisotopic (exact) mass is 569 g/mol. The molecule has 42 heavy (non-hydrogen) atoms. The second-order valence-electron chi connectivity index (χ2n) is 10.9. The van der Waals surface area contributed by atoms with Crippen molar-refractivity contribution in [2.45, 2.75) is 45.4 Å². The lowest BCUT2D eigenvalue weighted by Gasteiger charge is -2.39. The van der Waals surface area contributed by atoms with Crippen LogP contribution in [0.1, 0.15) is 46.2 Å². The Balaban J connectivity index is 1.25. The number of fused-ring (bicyclic) bond motifs is 1. The lowest BCUT2D eigenvalue weighted by atomic mass is 9.97. The number of hydrogen-bond acceptors (Lipinski definition) is 5. The van der Waals surface area contributed by atoms with Crippen molar-refractivity contribution in [3.05, 3.63) is 113 Å². The number of imidazole rings is 1. The van der Waals surface area contributed by atoms with E-state index in [4.69, 9.17) is 14.5 Å². The Hall–Kier alpha value is -4.63. The molecule has 0 saturated carbocycles. The Morgan fingerprint density at radius 1 is 1.02 bits per heavy atom. The fourth-order valence-corrected chi connectivity index (χ4v) is 5.12. The summed E-state index contributed by atoms with van der Waals surface area (Å²) in [4.78, 5) is 20.8. The van der Waals surface area contributed by atoms with Crippen LogP contribution in [0.25, 0.3) is 22.3 Å². The quantitative estimate of drug-likeness (QED) is 0.212. The molecule has 0 aliphatic carbocycles. The van der Waals surface area contributed by atoms with Gasteiger partial charge in [0.15, 0.2) is 0 Å². The number of halogens is 2. The van der Waals surface area contributed by atoms with E-state index in [1.165, 1.54) is 18.2 Å². The normalized spacial score (nSPS) is 16.4. The van der Waals surface area contributed by atoms with Crippen LogP contribution in [0.2, 0.25) is 0 Å². The Morgan fingerprint density at radius 3 is 2.52 bits per heavy atom. The Kier molecular flexibility index (Phi) is 7.20. The summed E-state index contributed by atoms with van der Waals surface area (Å²) in [5, 5.41) is 9.51. The second-order valence-corrected chi connectivity index (χ2v) is 10.9. The number of carboxylic acid groups (broad SMARTS) is 1. The molecule has 1 aliphatic heterocycles. The fourth-order valence-electron chi connectivity index (χ4n) is 5.12. The van der Waals surface area contributed by atoms with Gasteiger partial charge in [0.05, 0.1) is 41.0 Å². The number of carboxylic acids is 1. The number of aromatic nitrogens is 3. The highest BCUT2D eigenvalue weighted by Gasteiger charge is 2.35. The van der Waals surface area contributed by atoms with E-state index < -0.39 is 17.4 Å². The zero-order chi connectivity index (χ0) is 29.4. The molecule has 0 spiro atoms. The molecule has 7 nitrogen and oxygen atoms in total. The number of nitrogens with zero attached hydrogens (tertiary/aromatic N) is 3. The maximum absolute atomic E-state index is 15.5. The first-order valence-electron chi connectivity index (χ1n) is 13.7. The van der Waals surface area contributed by atoms with E-state index >= 15 is 4.39 Å². The van der Waals surface area contributed by atoms with Gasteiger partial charge in [0.25, 0.3) is 0 Å². The topological polar surface area (TPSA) is 86.5 Å². The van der Waals surface area contributed by atoms with Crippen LogP contribution in [-0.4, -0.2) is 37.8 Å². The van der Waals surface area contributed by atoms with Crippen LogP contribution in [-0.2, 0) is 24.3 Å². The summed E-state index contributed by atoms with van der Waals surface area (Å²) in [6.45, 7) is 4.99.